The summed E-state index contributed by atoms with van der Waals surface area (Å²) in [7, 11) is 0. The van der Waals surface area contributed by atoms with E-state index in [9.17, 15) is 0 Å². The molecule has 100 valence electrons. The van der Waals surface area contributed by atoms with E-state index in [0.29, 0.717) is 6.61 Å². The average Bonchev–Trinajstić information content (AvgIpc) is 2.86. The average molecular weight is 275 g/mol. The Morgan fingerprint density at radius 3 is 2.79 bits per heavy atom. The molecule has 1 aromatic heterocycles. The molecular formula is C14H17N3OS. The molecular weight excluding hydrogens is 258 g/mol. The molecule has 1 aromatic carbocycles. The Labute approximate surface area is 117 Å². The minimum Gasteiger partial charge on any atom is -0.374 e. The third kappa shape index (κ3) is 2.62. The smallest absolute Gasteiger partial charge is 0.205 e. The maximum atomic E-state index is 5.82. The van der Waals surface area contributed by atoms with Gasteiger partial charge in [-0.1, -0.05) is 30.3 Å². The molecule has 2 unspecified atom stereocenters. The van der Waals surface area contributed by atoms with Crippen LogP contribution in [0.1, 0.15) is 24.4 Å². The molecule has 0 radical (unpaired) electrons. The summed E-state index contributed by atoms with van der Waals surface area (Å²) < 4.78 is 10.1. The van der Waals surface area contributed by atoms with E-state index in [4.69, 9.17) is 4.74 Å². The van der Waals surface area contributed by atoms with Gasteiger partial charge < -0.3 is 9.64 Å². The van der Waals surface area contributed by atoms with Gasteiger partial charge in [-0.2, -0.15) is 4.37 Å². The Hall–Kier alpha value is -1.46. The molecule has 1 fully saturated rings. The highest BCUT2D eigenvalue weighted by atomic mass is 32.1. The normalized spacial score (nSPS) is 23.6. The summed E-state index contributed by atoms with van der Waals surface area (Å²) in [6.07, 6.45) is 0.226. The van der Waals surface area contributed by atoms with Gasteiger partial charge in [-0.05, 0) is 19.4 Å². The predicted molar refractivity (Wildman–Crippen MR) is 76.6 cm³/mol. The zero-order valence-corrected chi connectivity index (χ0v) is 11.9. The lowest BCUT2D eigenvalue weighted by Crippen LogP contribution is -2.43. The lowest BCUT2D eigenvalue weighted by atomic mass is 10.0. The molecule has 1 saturated heterocycles. The van der Waals surface area contributed by atoms with Crippen LogP contribution in [0.3, 0.4) is 0 Å². The SMILES string of the molecule is Cc1nsc(N2CC(C)OCC2c2ccccc2)n1. The second kappa shape index (κ2) is 5.27. The fourth-order valence-electron chi connectivity index (χ4n) is 2.37. The zero-order chi connectivity index (χ0) is 13.2. The van der Waals surface area contributed by atoms with Gasteiger partial charge in [0.2, 0.25) is 5.13 Å². The number of aromatic nitrogens is 2. The number of nitrogens with zero attached hydrogens (tertiary/aromatic N) is 3. The second-order valence-corrected chi connectivity index (χ2v) is 5.58. The second-order valence-electron chi connectivity index (χ2n) is 4.85. The first kappa shape index (κ1) is 12.6. The van der Waals surface area contributed by atoms with Crippen LogP contribution in [0.4, 0.5) is 5.13 Å². The number of morpholine rings is 1. The lowest BCUT2D eigenvalue weighted by Gasteiger charge is -2.38. The number of benzene rings is 1. The molecule has 5 heteroatoms. The molecule has 2 aromatic rings. The summed E-state index contributed by atoms with van der Waals surface area (Å²) in [4.78, 5) is 6.84. The summed E-state index contributed by atoms with van der Waals surface area (Å²) in [6.45, 7) is 5.58. The number of ether oxygens (including phenoxy) is 1. The molecule has 1 aliphatic heterocycles. The van der Waals surface area contributed by atoms with Crippen molar-refractivity contribution in [3.8, 4) is 0 Å². The molecule has 2 heterocycles. The van der Waals surface area contributed by atoms with Crippen LogP contribution in [0.2, 0.25) is 0 Å². The summed E-state index contributed by atoms with van der Waals surface area (Å²) >= 11 is 1.47. The van der Waals surface area contributed by atoms with Crippen molar-refractivity contribution in [2.45, 2.75) is 26.0 Å². The summed E-state index contributed by atoms with van der Waals surface area (Å²) in [5.41, 5.74) is 1.27. The van der Waals surface area contributed by atoms with Crippen LogP contribution in [-0.2, 0) is 4.74 Å². The van der Waals surface area contributed by atoms with Crippen molar-refractivity contribution in [3.05, 3.63) is 41.7 Å². The molecule has 4 nitrogen and oxygen atoms in total. The van der Waals surface area contributed by atoms with Gasteiger partial charge in [0.05, 0.1) is 18.8 Å². The Morgan fingerprint density at radius 1 is 1.32 bits per heavy atom. The Bertz CT molecular complexity index is 543. The molecule has 0 N–H and O–H groups in total. The van der Waals surface area contributed by atoms with E-state index in [0.717, 1.165) is 17.5 Å². The largest absolute Gasteiger partial charge is 0.374 e. The first-order valence-corrected chi connectivity index (χ1v) is 7.25. The van der Waals surface area contributed by atoms with Crippen molar-refractivity contribution >= 4 is 16.7 Å². The van der Waals surface area contributed by atoms with E-state index in [1.807, 2.05) is 13.0 Å². The van der Waals surface area contributed by atoms with Crippen LogP contribution >= 0.6 is 11.5 Å². The van der Waals surface area contributed by atoms with E-state index < -0.39 is 0 Å². The van der Waals surface area contributed by atoms with E-state index in [1.165, 1.54) is 17.1 Å². The zero-order valence-electron chi connectivity index (χ0n) is 11.1. The van der Waals surface area contributed by atoms with E-state index >= 15 is 0 Å². The lowest BCUT2D eigenvalue weighted by molar-refractivity contribution is 0.0303. The van der Waals surface area contributed by atoms with Crippen molar-refractivity contribution in [2.24, 2.45) is 0 Å². The summed E-state index contributed by atoms with van der Waals surface area (Å²) in [6, 6.07) is 10.7. The first-order valence-electron chi connectivity index (χ1n) is 6.47. The molecule has 3 rings (SSSR count). The van der Waals surface area contributed by atoms with Gasteiger partial charge in [0.15, 0.2) is 0 Å². The van der Waals surface area contributed by atoms with Crippen LogP contribution in [0.5, 0.6) is 0 Å². The highest BCUT2D eigenvalue weighted by molar-refractivity contribution is 7.09. The van der Waals surface area contributed by atoms with Gasteiger partial charge >= 0.3 is 0 Å². The molecule has 1 aliphatic rings. The predicted octanol–water partition coefficient (Wildman–Crippen LogP) is 2.81. The first-order chi connectivity index (χ1) is 9.24. The van der Waals surface area contributed by atoms with Crippen molar-refractivity contribution in [1.82, 2.24) is 9.36 Å². The topological polar surface area (TPSA) is 38.2 Å². The Kier molecular flexibility index (Phi) is 3.48. The van der Waals surface area contributed by atoms with Crippen molar-refractivity contribution in [1.29, 1.82) is 0 Å². The van der Waals surface area contributed by atoms with Gasteiger partial charge in [0, 0.05) is 18.1 Å². The number of hydrogen-bond acceptors (Lipinski definition) is 5. The molecule has 2 atom stereocenters. The fraction of sp³-hybridized carbons (Fsp3) is 0.429. The molecule has 0 spiro atoms. The van der Waals surface area contributed by atoms with Crippen molar-refractivity contribution < 1.29 is 4.74 Å². The fourth-order valence-corrected chi connectivity index (χ4v) is 3.10. The van der Waals surface area contributed by atoms with Gasteiger partial charge in [0.25, 0.3) is 0 Å². The quantitative estimate of drug-likeness (QED) is 0.844. The van der Waals surface area contributed by atoms with Crippen molar-refractivity contribution in [3.63, 3.8) is 0 Å². The van der Waals surface area contributed by atoms with Crippen LogP contribution < -0.4 is 4.90 Å². The van der Waals surface area contributed by atoms with E-state index in [-0.39, 0.29) is 12.1 Å². The number of anilines is 1. The third-order valence-corrected chi connectivity index (χ3v) is 4.16. The van der Waals surface area contributed by atoms with Gasteiger partial charge in [-0.3, -0.25) is 0 Å². The molecule has 0 bridgehead atoms. The maximum absolute atomic E-state index is 5.82. The van der Waals surface area contributed by atoms with Gasteiger partial charge in [-0.15, -0.1) is 0 Å². The summed E-state index contributed by atoms with van der Waals surface area (Å²) in [5, 5.41) is 0.988. The highest BCUT2D eigenvalue weighted by Crippen LogP contribution is 2.32. The monoisotopic (exact) mass is 275 g/mol. The van der Waals surface area contributed by atoms with Crippen LogP contribution in [0, 0.1) is 6.92 Å². The Morgan fingerprint density at radius 2 is 2.11 bits per heavy atom. The molecule has 0 saturated carbocycles. The maximum Gasteiger partial charge on any atom is 0.205 e. The molecule has 0 aliphatic carbocycles. The number of rotatable bonds is 2. The minimum absolute atomic E-state index is 0.226. The van der Waals surface area contributed by atoms with E-state index in [1.54, 1.807) is 0 Å². The van der Waals surface area contributed by atoms with E-state index in [2.05, 4.69) is 45.4 Å². The van der Waals surface area contributed by atoms with Crippen molar-refractivity contribution in [2.75, 3.05) is 18.1 Å². The number of hydrogen-bond donors (Lipinski definition) is 0. The van der Waals surface area contributed by atoms with Gasteiger partial charge in [0.1, 0.15) is 5.82 Å². The van der Waals surface area contributed by atoms with Crippen LogP contribution in [0.25, 0.3) is 0 Å². The highest BCUT2D eigenvalue weighted by Gasteiger charge is 2.30. The summed E-state index contributed by atoms with van der Waals surface area (Å²) in [5.74, 6) is 0.839. The standard InChI is InChI=1S/C14H17N3OS/c1-10-8-17(14-15-11(2)16-19-14)13(9-18-10)12-6-4-3-5-7-12/h3-7,10,13H,8-9H2,1-2H3. The molecule has 0 amide bonds. The third-order valence-electron chi connectivity index (χ3n) is 3.32. The molecule has 19 heavy (non-hydrogen) atoms. The minimum atomic E-state index is 0.226. The van der Waals surface area contributed by atoms with Crippen LogP contribution in [0.15, 0.2) is 30.3 Å². The Balaban J connectivity index is 1.92. The number of aryl methyl sites for hydroxylation is 1. The van der Waals surface area contributed by atoms with Gasteiger partial charge in [-0.25, -0.2) is 4.98 Å². The van der Waals surface area contributed by atoms with Crippen LogP contribution in [-0.4, -0.2) is 28.6 Å².